The first-order valence-electron chi connectivity index (χ1n) is 5.15. The van der Waals surface area contributed by atoms with Crippen LogP contribution in [0.15, 0.2) is 24.3 Å². The van der Waals surface area contributed by atoms with E-state index in [9.17, 15) is 14.9 Å². The summed E-state index contributed by atoms with van der Waals surface area (Å²) in [6.07, 6.45) is 0.122. The number of nitro benzene ring substituents is 1. The van der Waals surface area contributed by atoms with E-state index in [1.807, 2.05) is 6.92 Å². The number of benzene rings is 1. The number of hydrogen-bond acceptors (Lipinski definition) is 5. The van der Waals surface area contributed by atoms with Gasteiger partial charge in [0.25, 0.3) is 5.69 Å². The number of nitrogens with zero attached hydrogens (tertiary/aromatic N) is 1. The summed E-state index contributed by atoms with van der Waals surface area (Å²) in [5.74, 6) is -0.498. The molecule has 0 amide bonds. The van der Waals surface area contributed by atoms with Crippen molar-refractivity contribution in [1.29, 1.82) is 0 Å². The molecule has 2 atom stereocenters. The van der Waals surface area contributed by atoms with Crippen LogP contribution in [0.3, 0.4) is 0 Å². The third-order valence-corrected chi connectivity index (χ3v) is 2.53. The highest BCUT2D eigenvalue weighted by Gasteiger charge is 2.35. The van der Waals surface area contributed by atoms with Crippen LogP contribution < -0.4 is 0 Å². The minimum absolute atomic E-state index is 0.0167. The Morgan fingerprint density at radius 1 is 1.47 bits per heavy atom. The molecule has 0 aliphatic carbocycles. The molecule has 90 valence electrons. The quantitative estimate of drug-likeness (QED) is 0.343. The van der Waals surface area contributed by atoms with Gasteiger partial charge in [-0.15, -0.1) is 0 Å². The topological polar surface area (TPSA) is 82.0 Å². The zero-order valence-corrected chi connectivity index (χ0v) is 9.16. The van der Waals surface area contributed by atoms with Gasteiger partial charge in [-0.2, -0.15) is 0 Å². The van der Waals surface area contributed by atoms with Crippen molar-refractivity contribution < 1.29 is 19.2 Å². The van der Waals surface area contributed by atoms with Crippen molar-refractivity contribution in [3.63, 3.8) is 0 Å². The van der Waals surface area contributed by atoms with Gasteiger partial charge in [-0.1, -0.05) is 0 Å². The van der Waals surface area contributed by atoms with Gasteiger partial charge in [0.15, 0.2) is 0 Å². The zero-order chi connectivity index (χ0) is 12.4. The molecule has 0 radical (unpaired) electrons. The minimum Gasteiger partial charge on any atom is -0.459 e. The molecular formula is C11H11NO5. The number of nitro groups is 1. The summed E-state index contributed by atoms with van der Waals surface area (Å²) in [7, 11) is 0. The van der Waals surface area contributed by atoms with Crippen LogP contribution in [-0.4, -0.2) is 29.7 Å². The molecule has 1 saturated heterocycles. The number of rotatable bonds is 4. The van der Waals surface area contributed by atoms with E-state index in [4.69, 9.17) is 9.47 Å². The standard InChI is InChI=1S/C11H11NO5/c1-7-10(17-7)6-16-11(13)8-2-4-9(5-3-8)12(14)15/h2-5,7,10H,6H2,1H3/t7-,10-/m0/s1. The van der Waals surface area contributed by atoms with Crippen molar-refractivity contribution in [2.24, 2.45) is 0 Å². The van der Waals surface area contributed by atoms with Crippen LogP contribution in [0, 0.1) is 10.1 Å². The number of epoxide rings is 1. The molecule has 1 fully saturated rings. The fraction of sp³-hybridized carbons (Fsp3) is 0.364. The highest BCUT2D eigenvalue weighted by molar-refractivity contribution is 5.89. The predicted octanol–water partition coefficient (Wildman–Crippen LogP) is 1.54. The average molecular weight is 237 g/mol. The van der Waals surface area contributed by atoms with E-state index < -0.39 is 10.9 Å². The van der Waals surface area contributed by atoms with Crippen molar-refractivity contribution in [3.05, 3.63) is 39.9 Å². The number of hydrogen-bond donors (Lipinski definition) is 0. The van der Waals surface area contributed by atoms with Gasteiger partial charge in [-0.05, 0) is 19.1 Å². The van der Waals surface area contributed by atoms with Gasteiger partial charge < -0.3 is 9.47 Å². The first-order chi connectivity index (χ1) is 8.08. The Labute approximate surface area is 97.3 Å². The van der Waals surface area contributed by atoms with E-state index in [0.717, 1.165) is 0 Å². The number of esters is 1. The lowest BCUT2D eigenvalue weighted by Gasteiger charge is -2.02. The van der Waals surface area contributed by atoms with Gasteiger partial charge in [0, 0.05) is 12.1 Å². The molecule has 1 heterocycles. The van der Waals surface area contributed by atoms with Gasteiger partial charge in [0.2, 0.25) is 0 Å². The summed E-state index contributed by atoms with van der Waals surface area (Å²) in [6, 6.07) is 5.29. The molecule has 1 aliphatic heterocycles. The highest BCUT2D eigenvalue weighted by Crippen LogP contribution is 2.21. The Bertz CT molecular complexity index is 442. The second-order valence-corrected chi connectivity index (χ2v) is 3.78. The van der Waals surface area contributed by atoms with Gasteiger partial charge in [0.1, 0.15) is 12.7 Å². The number of ether oxygens (including phenoxy) is 2. The van der Waals surface area contributed by atoms with Crippen LogP contribution in [0.4, 0.5) is 5.69 Å². The van der Waals surface area contributed by atoms with Crippen LogP contribution in [0.2, 0.25) is 0 Å². The molecule has 1 aliphatic rings. The van der Waals surface area contributed by atoms with Gasteiger partial charge in [-0.25, -0.2) is 4.79 Å². The molecule has 0 aromatic heterocycles. The Kier molecular flexibility index (Phi) is 3.06. The Morgan fingerprint density at radius 3 is 2.53 bits per heavy atom. The maximum atomic E-state index is 11.5. The smallest absolute Gasteiger partial charge is 0.338 e. The fourth-order valence-electron chi connectivity index (χ4n) is 1.37. The first-order valence-corrected chi connectivity index (χ1v) is 5.15. The summed E-state index contributed by atoms with van der Waals surface area (Å²) < 4.78 is 10.1. The van der Waals surface area contributed by atoms with E-state index in [1.165, 1.54) is 24.3 Å². The van der Waals surface area contributed by atoms with E-state index >= 15 is 0 Å². The second-order valence-electron chi connectivity index (χ2n) is 3.78. The third-order valence-electron chi connectivity index (χ3n) is 2.53. The highest BCUT2D eigenvalue weighted by atomic mass is 16.6. The van der Waals surface area contributed by atoms with Crippen molar-refractivity contribution >= 4 is 11.7 Å². The normalized spacial score (nSPS) is 21.9. The zero-order valence-electron chi connectivity index (χ0n) is 9.16. The van der Waals surface area contributed by atoms with Gasteiger partial charge >= 0.3 is 5.97 Å². The lowest BCUT2D eigenvalue weighted by atomic mass is 10.2. The third kappa shape index (κ3) is 2.79. The molecule has 0 bridgehead atoms. The van der Waals surface area contributed by atoms with Crippen molar-refractivity contribution in [1.82, 2.24) is 0 Å². The van der Waals surface area contributed by atoms with Crippen LogP contribution in [-0.2, 0) is 9.47 Å². The maximum Gasteiger partial charge on any atom is 0.338 e. The summed E-state index contributed by atoms with van der Waals surface area (Å²) in [6.45, 7) is 2.11. The molecule has 1 aromatic carbocycles. The SMILES string of the molecule is C[C@@H]1O[C@H]1COC(=O)c1ccc([N+](=O)[O-])cc1. The summed E-state index contributed by atoms with van der Waals surface area (Å²) in [4.78, 5) is 21.4. The van der Waals surface area contributed by atoms with Crippen LogP contribution in [0.25, 0.3) is 0 Å². The van der Waals surface area contributed by atoms with E-state index in [2.05, 4.69) is 0 Å². The summed E-state index contributed by atoms with van der Waals surface area (Å²) in [5.41, 5.74) is 0.240. The molecule has 0 spiro atoms. The van der Waals surface area contributed by atoms with Gasteiger partial charge in [-0.3, -0.25) is 10.1 Å². The monoisotopic (exact) mass is 237 g/mol. The molecular weight excluding hydrogens is 226 g/mol. The van der Waals surface area contributed by atoms with Crippen LogP contribution >= 0.6 is 0 Å². The van der Waals surface area contributed by atoms with E-state index in [-0.39, 0.29) is 24.5 Å². The number of non-ortho nitro benzene ring substituents is 1. The molecule has 6 nitrogen and oxygen atoms in total. The number of carbonyl (C=O) groups excluding carboxylic acids is 1. The van der Waals surface area contributed by atoms with Crippen molar-refractivity contribution in [2.45, 2.75) is 19.1 Å². The lowest BCUT2D eigenvalue weighted by Crippen LogP contribution is -2.11. The van der Waals surface area contributed by atoms with Crippen LogP contribution in [0.1, 0.15) is 17.3 Å². The average Bonchev–Trinajstić information content (AvgIpc) is 3.02. The molecule has 6 heteroatoms. The summed E-state index contributed by atoms with van der Waals surface area (Å²) >= 11 is 0. The van der Waals surface area contributed by atoms with Crippen LogP contribution in [0.5, 0.6) is 0 Å². The van der Waals surface area contributed by atoms with E-state index in [0.29, 0.717) is 5.56 Å². The second kappa shape index (κ2) is 4.50. The Balaban J connectivity index is 1.92. The number of carbonyl (C=O) groups is 1. The molecule has 0 saturated carbocycles. The van der Waals surface area contributed by atoms with Gasteiger partial charge in [0.05, 0.1) is 16.6 Å². The lowest BCUT2D eigenvalue weighted by molar-refractivity contribution is -0.384. The molecule has 0 N–H and O–H groups in total. The van der Waals surface area contributed by atoms with Crippen molar-refractivity contribution in [2.75, 3.05) is 6.61 Å². The molecule has 17 heavy (non-hydrogen) atoms. The Morgan fingerprint density at radius 2 is 2.06 bits per heavy atom. The molecule has 0 unspecified atom stereocenters. The maximum absolute atomic E-state index is 11.5. The minimum atomic E-state index is -0.519. The first kappa shape index (κ1) is 11.5. The molecule has 1 aromatic rings. The largest absolute Gasteiger partial charge is 0.459 e. The Hall–Kier alpha value is -1.95. The molecule has 2 rings (SSSR count). The van der Waals surface area contributed by atoms with E-state index in [1.54, 1.807) is 0 Å². The predicted molar refractivity (Wildman–Crippen MR) is 57.7 cm³/mol. The van der Waals surface area contributed by atoms with Crippen molar-refractivity contribution in [3.8, 4) is 0 Å². The fourth-order valence-corrected chi connectivity index (χ4v) is 1.37. The summed E-state index contributed by atoms with van der Waals surface area (Å²) in [5, 5.41) is 10.4.